The maximum absolute atomic E-state index is 13.6. The molecule has 0 spiro atoms. The minimum absolute atomic E-state index is 0. The van der Waals surface area contributed by atoms with Crippen LogP contribution in [0.1, 0.15) is 31.1 Å². The molecule has 120 valence electrons. The number of carbonyl (C=O) groups is 1. The Morgan fingerprint density at radius 2 is 1.90 bits per heavy atom. The summed E-state index contributed by atoms with van der Waals surface area (Å²) >= 11 is 0. The number of esters is 1. The SMILES string of the molecule is CCOc1ccc(C(=O)OCCN(CC)CC)cc1F.Cl. The molecule has 1 aromatic carbocycles. The van der Waals surface area contributed by atoms with E-state index in [4.69, 9.17) is 9.47 Å². The van der Waals surface area contributed by atoms with E-state index in [1.807, 2.05) is 13.8 Å². The largest absolute Gasteiger partial charge is 0.491 e. The Balaban J connectivity index is 0.00000400. The van der Waals surface area contributed by atoms with E-state index in [0.29, 0.717) is 19.8 Å². The van der Waals surface area contributed by atoms with Crippen molar-refractivity contribution in [3.63, 3.8) is 0 Å². The number of halogens is 2. The molecule has 0 heterocycles. The lowest BCUT2D eigenvalue weighted by atomic mass is 10.2. The van der Waals surface area contributed by atoms with Crippen LogP contribution in [0.4, 0.5) is 4.39 Å². The Kier molecular flexibility index (Phi) is 9.75. The van der Waals surface area contributed by atoms with Gasteiger partial charge < -0.3 is 14.4 Å². The predicted octanol–water partition coefficient (Wildman–Crippen LogP) is 3.14. The molecular formula is C15H23ClFNO3. The molecular weight excluding hydrogens is 297 g/mol. The van der Waals surface area contributed by atoms with E-state index in [1.54, 1.807) is 6.92 Å². The van der Waals surface area contributed by atoms with Gasteiger partial charge in [0, 0.05) is 6.54 Å². The van der Waals surface area contributed by atoms with E-state index in [-0.39, 0.29) is 23.7 Å². The average molecular weight is 320 g/mol. The number of hydrogen-bond acceptors (Lipinski definition) is 4. The summed E-state index contributed by atoms with van der Waals surface area (Å²) < 4.78 is 23.8. The molecule has 0 atom stereocenters. The highest BCUT2D eigenvalue weighted by molar-refractivity contribution is 5.89. The molecule has 1 rings (SSSR count). The summed E-state index contributed by atoms with van der Waals surface area (Å²) in [7, 11) is 0. The molecule has 0 saturated heterocycles. The van der Waals surface area contributed by atoms with Crippen molar-refractivity contribution >= 4 is 18.4 Å². The number of likely N-dealkylation sites (N-methyl/N-ethyl adjacent to an activating group) is 1. The van der Waals surface area contributed by atoms with Gasteiger partial charge in [0.1, 0.15) is 6.61 Å². The molecule has 0 aliphatic carbocycles. The van der Waals surface area contributed by atoms with Crippen molar-refractivity contribution in [3.8, 4) is 5.75 Å². The van der Waals surface area contributed by atoms with Crippen LogP contribution in [0, 0.1) is 5.82 Å². The first-order valence-electron chi connectivity index (χ1n) is 6.94. The number of nitrogens with zero attached hydrogens (tertiary/aromatic N) is 1. The van der Waals surface area contributed by atoms with Gasteiger partial charge >= 0.3 is 5.97 Å². The van der Waals surface area contributed by atoms with Gasteiger partial charge in [-0.1, -0.05) is 13.8 Å². The van der Waals surface area contributed by atoms with E-state index in [9.17, 15) is 9.18 Å². The summed E-state index contributed by atoms with van der Waals surface area (Å²) in [5, 5.41) is 0. The third-order valence-electron chi connectivity index (χ3n) is 3.00. The fourth-order valence-electron chi connectivity index (χ4n) is 1.79. The summed E-state index contributed by atoms with van der Waals surface area (Å²) in [6.45, 7) is 9.05. The van der Waals surface area contributed by atoms with Crippen LogP contribution in [0.2, 0.25) is 0 Å². The molecule has 4 nitrogen and oxygen atoms in total. The number of carbonyl (C=O) groups excluding carboxylic acids is 1. The Hall–Kier alpha value is -1.33. The molecule has 0 unspecified atom stereocenters. The minimum Gasteiger partial charge on any atom is -0.491 e. The second-order valence-electron chi connectivity index (χ2n) is 4.24. The first-order valence-corrected chi connectivity index (χ1v) is 6.94. The molecule has 0 aliphatic rings. The Morgan fingerprint density at radius 1 is 1.24 bits per heavy atom. The monoisotopic (exact) mass is 319 g/mol. The predicted molar refractivity (Wildman–Crippen MR) is 82.9 cm³/mol. The number of hydrogen-bond donors (Lipinski definition) is 0. The van der Waals surface area contributed by atoms with Crippen molar-refractivity contribution in [2.45, 2.75) is 20.8 Å². The zero-order chi connectivity index (χ0) is 15.0. The lowest BCUT2D eigenvalue weighted by molar-refractivity contribution is 0.0466. The van der Waals surface area contributed by atoms with E-state index in [0.717, 1.165) is 19.2 Å². The van der Waals surface area contributed by atoms with Crippen molar-refractivity contribution in [2.24, 2.45) is 0 Å². The second-order valence-corrected chi connectivity index (χ2v) is 4.24. The molecule has 1 aromatic rings. The fraction of sp³-hybridized carbons (Fsp3) is 0.533. The van der Waals surface area contributed by atoms with Crippen molar-refractivity contribution in [1.82, 2.24) is 4.90 Å². The van der Waals surface area contributed by atoms with E-state index >= 15 is 0 Å². The van der Waals surface area contributed by atoms with Gasteiger partial charge in [0.2, 0.25) is 0 Å². The quantitative estimate of drug-likeness (QED) is 0.690. The second kappa shape index (κ2) is 10.4. The molecule has 0 aromatic heterocycles. The van der Waals surface area contributed by atoms with Gasteiger partial charge in [-0.2, -0.15) is 0 Å². The van der Waals surface area contributed by atoms with Crippen LogP contribution in [0.15, 0.2) is 18.2 Å². The first-order chi connectivity index (χ1) is 9.62. The maximum Gasteiger partial charge on any atom is 0.338 e. The van der Waals surface area contributed by atoms with Gasteiger partial charge in [0.05, 0.1) is 12.2 Å². The summed E-state index contributed by atoms with van der Waals surface area (Å²) in [6, 6.07) is 4.10. The number of rotatable bonds is 8. The lowest BCUT2D eigenvalue weighted by Gasteiger charge is -2.17. The standard InChI is InChI=1S/C15H22FNO3.ClH/c1-4-17(5-2)9-10-20-15(18)12-7-8-14(19-6-3)13(16)11-12;/h7-8,11H,4-6,9-10H2,1-3H3;1H. The van der Waals surface area contributed by atoms with Gasteiger partial charge in [-0.05, 0) is 38.2 Å². The van der Waals surface area contributed by atoms with Crippen molar-refractivity contribution in [2.75, 3.05) is 32.8 Å². The van der Waals surface area contributed by atoms with Gasteiger partial charge in [-0.15, -0.1) is 12.4 Å². The third kappa shape index (κ3) is 6.31. The lowest BCUT2D eigenvalue weighted by Crippen LogP contribution is -2.27. The van der Waals surface area contributed by atoms with Crippen LogP contribution >= 0.6 is 12.4 Å². The zero-order valence-corrected chi connectivity index (χ0v) is 13.5. The molecule has 0 fully saturated rings. The van der Waals surface area contributed by atoms with Crippen molar-refractivity contribution < 1.29 is 18.7 Å². The fourth-order valence-corrected chi connectivity index (χ4v) is 1.79. The van der Waals surface area contributed by atoms with Crippen LogP contribution in [0.5, 0.6) is 5.75 Å². The van der Waals surface area contributed by atoms with Crippen molar-refractivity contribution in [1.29, 1.82) is 0 Å². The highest BCUT2D eigenvalue weighted by atomic mass is 35.5. The summed E-state index contributed by atoms with van der Waals surface area (Å²) in [5.41, 5.74) is 0.200. The van der Waals surface area contributed by atoms with Crippen molar-refractivity contribution in [3.05, 3.63) is 29.6 Å². The molecule has 21 heavy (non-hydrogen) atoms. The molecule has 0 radical (unpaired) electrons. The minimum atomic E-state index is -0.551. The first kappa shape index (κ1) is 19.7. The number of benzene rings is 1. The third-order valence-corrected chi connectivity index (χ3v) is 3.00. The molecule has 6 heteroatoms. The molecule has 0 amide bonds. The average Bonchev–Trinajstić information content (AvgIpc) is 2.45. The van der Waals surface area contributed by atoms with E-state index < -0.39 is 11.8 Å². The van der Waals surface area contributed by atoms with Gasteiger partial charge in [0.25, 0.3) is 0 Å². The topological polar surface area (TPSA) is 38.8 Å². The van der Waals surface area contributed by atoms with Crippen LogP contribution in [0.25, 0.3) is 0 Å². The normalized spacial score (nSPS) is 10.1. The van der Waals surface area contributed by atoms with E-state index in [1.165, 1.54) is 12.1 Å². The van der Waals surface area contributed by atoms with Gasteiger partial charge in [0.15, 0.2) is 11.6 Å². The summed E-state index contributed by atoms with van der Waals surface area (Å²) in [4.78, 5) is 13.9. The van der Waals surface area contributed by atoms with Crippen LogP contribution in [-0.4, -0.2) is 43.7 Å². The maximum atomic E-state index is 13.6. The zero-order valence-electron chi connectivity index (χ0n) is 12.7. The smallest absolute Gasteiger partial charge is 0.338 e. The van der Waals surface area contributed by atoms with E-state index in [2.05, 4.69) is 4.90 Å². The summed E-state index contributed by atoms with van der Waals surface area (Å²) in [6.07, 6.45) is 0. The molecule has 0 bridgehead atoms. The number of ether oxygens (including phenoxy) is 2. The van der Waals surface area contributed by atoms with Crippen LogP contribution < -0.4 is 4.74 Å². The molecule has 0 aliphatic heterocycles. The highest BCUT2D eigenvalue weighted by Gasteiger charge is 2.12. The van der Waals surface area contributed by atoms with Crippen LogP contribution in [0.3, 0.4) is 0 Å². The Labute approximate surface area is 131 Å². The van der Waals surface area contributed by atoms with Gasteiger partial charge in [-0.3, -0.25) is 0 Å². The Morgan fingerprint density at radius 3 is 2.43 bits per heavy atom. The van der Waals surface area contributed by atoms with Crippen LogP contribution in [-0.2, 0) is 4.74 Å². The van der Waals surface area contributed by atoms with Gasteiger partial charge in [-0.25, -0.2) is 9.18 Å². The highest BCUT2D eigenvalue weighted by Crippen LogP contribution is 2.18. The summed E-state index contributed by atoms with van der Waals surface area (Å²) in [5.74, 6) is -0.920. The molecule has 0 N–H and O–H groups in total. The Bertz CT molecular complexity index is 439. The molecule has 0 saturated carbocycles.